The average molecular weight is 556 g/mol. The van der Waals surface area contributed by atoms with E-state index in [9.17, 15) is 13.2 Å². The summed E-state index contributed by atoms with van der Waals surface area (Å²) in [5, 5.41) is 16.5. The third-order valence-corrected chi connectivity index (χ3v) is 8.34. The van der Waals surface area contributed by atoms with Crippen LogP contribution in [0.15, 0.2) is 24.3 Å². The summed E-state index contributed by atoms with van der Waals surface area (Å²) in [6, 6.07) is 8.03. The second kappa shape index (κ2) is 11.4. The van der Waals surface area contributed by atoms with Crippen LogP contribution in [-0.4, -0.2) is 46.4 Å². The number of hydrogen-bond donors (Lipinski definition) is 1. The Hall–Kier alpha value is -3.14. The Balaban J connectivity index is 1.65. The van der Waals surface area contributed by atoms with Gasteiger partial charge < -0.3 is 15.1 Å². The van der Waals surface area contributed by atoms with Crippen molar-refractivity contribution < 1.29 is 13.2 Å². The van der Waals surface area contributed by atoms with Crippen LogP contribution in [0.4, 0.5) is 24.8 Å². The van der Waals surface area contributed by atoms with E-state index in [-0.39, 0.29) is 11.6 Å². The van der Waals surface area contributed by atoms with Crippen molar-refractivity contribution in [3.05, 3.63) is 63.2 Å². The number of fused-ring (bicyclic) bond motifs is 1. The first-order valence-electron chi connectivity index (χ1n) is 14.3. The number of rotatable bonds is 6. The lowest BCUT2D eigenvalue weighted by Gasteiger charge is -2.36. The zero-order valence-electron chi connectivity index (χ0n) is 24.1. The molecule has 1 N–H and O–H groups in total. The molecule has 2 aliphatic rings. The van der Waals surface area contributed by atoms with Gasteiger partial charge in [0.05, 0.1) is 18.7 Å². The van der Waals surface area contributed by atoms with Crippen molar-refractivity contribution in [3.8, 4) is 0 Å². The standard InChI is InChI=1S/C30H40F3N7/c1-19-13-20(2)15-24(14-19)18-40(29-35-37-38(5)36-29)26-7-6-12-39(17-23-8-10-34-11-9-23)28-22(4)27(30(31,32)33)21(3)16-25(26)28/h13-16,23,26,34H,6-12,17-18H2,1-5H3/t26-/m0/s1. The van der Waals surface area contributed by atoms with Crippen LogP contribution in [0.1, 0.15) is 70.7 Å². The molecule has 1 saturated heterocycles. The number of nitrogens with zero attached hydrogens (tertiary/aromatic N) is 6. The van der Waals surface area contributed by atoms with Crippen LogP contribution in [0.3, 0.4) is 0 Å². The maximum Gasteiger partial charge on any atom is 0.416 e. The third-order valence-electron chi connectivity index (χ3n) is 8.34. The van der Waals surface area contributed by atoms with Crippen molar-refractivity contribution in [1.82, 2.24) is 25.5 Å². The second-order valence-electron chi connectivity index (χ2n) is 11.6. The van der Waals surface area contributed by atoms with Crippen LogP contribution in [0, 0.1) is 33.6 Å². The number of alkyl halides is 3. The van der Waals surface area contributed by atoms with Crippen LogP contribution >= 0.6 is 0 Å². The average Bonchev–Trinajstić information content (AvgIpc) is 3.21. The highest BCUT2D eigenvalue weighted by molar-refractivity contribution is 5.67. The maximum atomic E-state index is 14.4. The number of tetrazole rings is 1. The predicted molar refractivity (Wildman–Crippen MR) is 152 cm³/mol. The number of aryl methyl sites for hydroxylation is 4. The minimum atomic E-state index is -4.42. The Bertz CT molecular complexity index is 1320. The first-order chi connectivity index (χ1) is 19.0. The van der Waals surface area contributed by atoms with E-state index in [1.54, 1.807) is 27.0 Å². The van der Waals surface area contributed by atoms with E-state index in [0.29, 0.717) is 24.0 Å². The summed E-state index contributed by atoms with van der Waals surface area (Å²) < 4.78 is 43.2. The maximum absolute atomic E-state index is 14.4. The Morgan fingerprint density at radius 3 is 2.33 bits per heavy atom. The lowest BCUT2D eigenvalue weighted by molar-refractivity contribution is -0.138. The quantitative estimate of drug-likeness (QED) is 0.414. The molecule has 0 unspecified atom stereocenters. The molecule has 2 aliphatic heterocycles. The molecular formula is C30H40F3N7. The van der Waals surface area contributed by atoms with E-state index in [1.165, 1.54) is 4.80 Å². The van der Waals surface area contributed by atoms with Gasteiger partial charge in [0.2, 0.25) is 0 Å². The van der Waals surface area contributed by atoms with Gasteiger partial charge in [0.15, 0.2) is 0 Å². The largest absolute Gasteiger partial charge is 0.416 e. The molecule has 0 aliphatic carbocycles. The highest BCUT2D eigenvalue weighted by atomic mass is 19.4. The molecule has 1 atom stereocenters. The zero-order chi connectivity index (χ0) is 28.6. The van der Waals surface area contributed by atoms with Crippen molar-refractivity contribution in [1.29, 1.82) is 0 Å². The summed E-state index contributed by atoms with van der Waals surface area (Å²) in [4.78, 5) is 5.82. The van der Waals surface area contributed by atoms with Crippen LogP contribution in [0.25, 0.3) is 0 Å². The lowest BCUT2D eigenvalue weighted by atomic mass is 9.90. The summed E-state index contributed by atoms with van der Waals surface area (Å²) in [5.41, 5.74) is 5.16. The molecule has 1 fully saturated rings. The summed E-state index contributed by atoms with van der Waals surface area (Å²) in [5.74, 6) is 0.938. The Kier molecular flexibility index (Phi) is 8.08. The fourth-order valence-electron chi connectivity index (χ4n) is 6.81. The topological polar surface area (TPSA) is 62.1 Å². The molecule has 2 aromatic carbocycles. The molecule has 5 rings (SSSR count). The number of benzene rings is 2. The number of hydrogen-bond acceptors (Lipinski definition) is 6. The van der Waals surface area contributed by atoms with Gasteiger partial charge in [-0.3, -0.25) is 0 Å². The van der Waals surface area contributed by atoms with Crippen LogP contribution in [0.5, 0.6) is 0 Å². The van der Waals surface area contributed by atoms with Crippen molar-refractivity contribution >= 4 is 11.6 Å². The van der Waals surface area contributed by atoms with Gasteiger partial charge in [0, 0.05) is 25.3 Å². The molecular weight excluding hydrogens is 515 g/mol. The van der Waals surface area contributed by atoms with Crippen molar-refractivity contribution in [2.45, 2.75) is 72.1 Å². The Morgan fingerprint density at radius 2 is 1.70 bits per heavy atom. The molecule has 10 heteroatoms. The SMILES string of the molecule is Cc1cc(C)cc(CN(c2nnn(C)n2)[C@H]2CCCN(CC3CCNCC3)c3c2cc(C)c(C(F)(F)F)c3C)c1. The molecule has 1 aromatic heterocycles. The Labute approximate surface area is 234 Å². The van der Waals surface area contributed by atoms with E-state index in [4.69, 9.17) is 0 Å². The molecule has 216 valence electrons. The highest BCUT2D eigenvalue weighted by Gasteiger charge is 2.39. The fourth-order valence-corrected chi connectivity index (χ4v) is 6.81. The van der Waals surface area contributed by atoms with Gasteiger partial charge in [-0.25, -0.2) is 0 Å². The monoisotopic (exact) mass is 555 g/mol. The summed E-state index contributed by atoms with van der Waals surface area (Å²) in [6.07, 6.45) is -0.712. The predicted octanol–water partition coefficient (Wildman–Crippen LogP) is 5.81. The van der Waals surface area contributed by atoms with Gasteiger partial charge in [-0.15, -0.1) is 5.10 Å². The molecule has 0 radical (unpaired) electrons. The highest BCUT2D eigenvalue weighted by Crippen LogP contribution is 2.46. The molecule has 3 aromatic rings. The van der Waals surface area contributed by atoms with Crippen molar-refractivity contribution in [2.24, 2.45) is 13.0 Å². The van der Waals surface area contributed by atoms with E-state index >= 15 is 0 Å². The van der Waals surface area contributed by atoms with Gasteiger partial charge in [-0.05, 0) is 99.9 Å². The molecule has 0 spiro atoms. The van der Waals surface area contributed by atoms with Gasteiger partial charge in [-0.1, -0.05) is 40.5 Å². The van der Waals surface area contributed by atoms with Crippen molar-refractivity contribution in [2.75, 3.05) is 36.0 Å². The molecule has 40 heavy (non-hydrogen) atoms. The van der Waals surface area contributed by atoms with Crippen LogP contribution in [-0.2, 0) is 19.8 Å². The third kappa shape index (κ3) is 5.96. The first kappa shape index (κ1) is 28.4. The first-order valence-corrected chi connectivity index (χ1v) is 14.3. The van der Waals surface area contributed by atoms with Gasteiger partial charge in [0.1, 0.15) is 0 Å². The van der Waals surface area contributed by atoms with Gasteiger partial charge in [-0.2, -0.15) is 18.0 Å². The lowest BCUT2D eigenvalue weighted by Crippen LogP contribution is -2.37. The second-order valence-corrected chi connectivity index (χ2v) is 11.6. The molecule has 3 heterocycles. The number of piperidine rings is 1. The number of aromatic nitrogens is 4. The van der Waals surface area contributed by atoms with E-state index < -0.39 is 11.7 Å². The van der Waals surface area contributed by atoms with E-state index in [0.717, 1.165) is 79.8 Å². The normalized spacial score (nSPS) is 18.5. The van der Waals surface area contributed by atoms with Gasteiger partial charge >= 0.3 is 6.18 Å². The number of halogens is 3. The summed E-state index contributed by atoms with van der Waals surface area (Å²) in [6.45, 7) is 11.3. The minimum Gasteiger partial charge on any atom is -0.371 e. The summed E-state index contributed by atoms with van der Waals surface area (Å²) in [7, 11) is 1.73. The van der Waals surface area contributed by atoms with E-state index in [1.807, 2.05) is 0 Å². The molecule has 0 amide bonds. The smallest absolute Gasteiger partial charge is 0.371 e. The molecule has 0 saturated carbocycles. The molecule has 7 nitrogen and oxygen atoms in total. The minimum absolute atomic E-state index is 0.197. The van der Waals surface area contributed by atoms with Crippen LogP contribution < -0.4 is 15.1 Å². The Morgan fingerprint density at radius 1 is 1.00 bits per heavy atom. The van der Waals surface area contributed by atoms with Crippen LogP contribution in [0.2, 0.25) is 0 Å². The van der Waals surface area contributed by atoms with Crippen molar-refractivity contribution in [3.63, 3.8) is 0 Å². The molecule has 0 bridgehead atoms. The zero-order valence-corrected chi connectivity index (χ0v) is 24.1. The fraction of sp³-hybridized carbons (Fsp3) is 0.567. The van der Waals surface area contributed by atoms with Gasteiger partial charge in [0.25, 0.3) is 5.95 Å². The van der Waals surface area contributed by atoms with E-state index in [2.05, 4.69) is 62.6 Å². The summed E-state index contributed by atoms with van der Waals surface area (Å²) >= 11 is 0. The number of nitrogens with one attached hydrogen (secondary N) is 1. The number of anilines is 2.